The van der Waals surface area contributed by atoms with Crippen molar-refractivity contribution in [2.45, 2.75) is 38.2 Å². The van der Waals surface area contributed by atoms with Gasteiger partial charge in [-0.25, -0.2) is 0 Å². The summed E-state index contributed by atoms with van der Waals surface area (Å²) in [4.78, 5) is 2.48. The Hall–Kier alpha value is -1.06. The van der Waals surface area contributed by atoms with Crippen molar-refractivity contribution < 1.29 is 9.84 Å². The van der Waals surface area contributed by atoms with Crippen LogP contribution < -0.4 is 4.74 Å². The molecule has 1 N–H and O–H groups in total. The van der Waals surface area contributed by atoms with E-state index in [2.05, 4.69) is 4.90 Å². The van der Waals surface area contributed by atoms with E-state index in [0.29, 0.717) is 0 Å². The molecule has 1 aliphatic rings. The van der Waals surface area contributed by atoms with Gasteiger partial charge in [-0.15, -0.1) is 0 Å². The van der Waals surface area contributed by atoms with Crippen LogP contribution in [0.15, 0.2) is 24.3 Å². The van der Waals surface area contributed by atoms with E-state index in [0.717, 1.165) is 24.3 Å². The molecule has 0 spiro atoms. The highest BCUT2D eigenvalue weighted by Gasteiger charge is 2.13. The first-order valence-electron chi connectivity index (χ1n) is 7.34. The van der Waals surface area contributed by atoms with Gasteiger partial charge in [0, 0.05) is 6.54 Å². The summed E-state index contributed by atoms with van der Waals surface area (Å²) in [6.07, 6.45) is 5.72. The normalized spacial score (nSPS) is 18.8. The summed E-state index contributed by atoms with van der Waals surface area (Å²) in [6, 6.07) is 7.73. The summed E-state index contributed by atoms with van der Waals surface area (Å²) in [5.41, 5.74) is 0.953. The lowest BCUT2D eigenvalue weighted by Crippen LogP contribution is -2.26. The molecular weight excluding hydrogens is 238 g/mol. The molecule has 0 aromatic heterocycles. The van der Waals surface area contributed by atoms with Gasteiger partial charge in [0.05, 0.1) is 13.2 Å². The molecular formula is C16H25NO2. The highest BCUT2D eigenvalue weighted by molar-refractivity contribution is 5.29. The molecule has 0 amide bonds. The molecule has 106 valence electrons. The molecule has 0 aliphatic carbocycles. The minimum Gasteiger partial charge on any atom is -0.497 e. The topological polar surface area (TPSA) is 32.7 Å². The maximum absolute atomic E-state index is 10.3. The van der Waals surface area contributed by atoms with Gasteiger partial charge in [-0.2, -0.15) is 0 Å². The average Bonchev–Trinajstić information content (AvgIpc) is 2.73. The second-order valence-electron chi connectivity index (χ2n) is 5.34. The van der Waals surface area contributed by atoms with Crippen molar-refractivity contribution >= 4 is 0 Å². The van der Waals surface area contributed by atoms with Gasteiger partial charge in [0.15, 0.2) is 0 Å². The molecule has 1 saturated heterocycles. The minimum atomic E-state index is -0.390. The third-order valence-electron chi connectivity index (χ3n) is 3.90. The van der Waals surface area contributed by atoms with Crippen molar-refractivity contribution in [3.63, 3.8) is 0 Å². The van der Waals surface area contributed by atoms with E-state index in [1.54, 1.807) is 7.11 Å². The van der Waals surface area contributed by atoms with Gasteiger partial charge in [-0.05, 0) is 50.0 Å². The van der Waals surface area contributed by atoms with Gasteiger partial charge in [0.25, 0.3) is 0 Å². The number of aliphatic hydroxyl groups excluding tert-OH is 1. The molecule has 0 saturated carbocycles. The van der Waals surface area contributed by atoms with Gasteiger partial charge in [-0.1, -0.05) is 25.0 Å². The Morgan fingerprint density at radius 1 is 1.21 bits per heavy atom. The standard InChI is InChI=1S/C16H25NO2/c1-19-15-8-6-7-14(13-15)16(18)9-12-17-10-4-2-3-5-11-17/h6-8,13,16,18H,2-5,9-12H2,1H3. The fourth-order valence-corrected chi connectivity index (χ4v) is 2.68. The number of ether oxygens (including phenoxy) is 1. The van der Waals surface area contributed by atoms with E-state index < -0.39 is 6.10 Å². The van der Waals surface area contributed by atoms with Gasteiger partial charge < -0.3 is 14.7 Å². The van der Waals surface area contributed by atoms with Crippen LogP contribution in [0.25, 0.3) is 0 Å². The Morgan fingerprint density at radius 3 is 2.63 bits per heavy atom. The predicted octanol–water partition coefficient (Wildman–Crippen LogP) is 2.99. The van der Waals surface area contributed by atoms with Crippen LogP contribution in [0.5, 0.6) is 5.75 Å². The van der Waals surface area contributed by atoms with Crippen LogP contribution >= 0.6 is 0 Å². The molecule has 1 fully saturated rings. The first-order valence-corrected chi connectivity index (χ1v) is 7.34. The molecule has 1 heterocycles. The maximum Gasteiger partial charge on any atom is 0.119 e. The Morgan fingerprint density at radius 2 is 1.95 bits per heavy atom. The van der Waals surface area contributed by atoms with Gasteiger partial charge in [-0.3, -0.25) is 0 Å². The molecule has 1 aromatic rings. The Balaban J connectivity index is 1.84. The van der Waals surface area contributed by atoms with E-state index in [4.69, 9.17) is 4.74 Å². The van der Waals surface area contributed by atoms with E-state index >= 15 is 0 Å². The number of hydrogen-bond acceptors (Lipinski definition) is 3. The molecule has 1 aromatic carbocycles. The maximum atomic E-state index is 10.3. The number of methoxy groups -OCH3 is 1. The van der Waals surface area contributed by atoms with Crippen molar-refractivity contribution in [3.8, 4) is 5.75 Å². The van der Waals surface area contributed by atoms with Crippen molar-refractivity contribution in [3.05, 3.63) is 29.8 Å². The highest BCUT2D eigenvalue weighted by atomic mass is 16.5. The third kappa shape index (κ3) is 4.51. The number of benzene rings is 1. The number of likely N-dealkylation sites (tertiary alicyclic amines) is 1. The molecule has 1 aliphatic heterocycles. The lowest BCUT2D eigenvalue weighted by molar-refractivity contribution is 0.142. The van der Waals surface area contributed by atoms with Crippen LogP contribution in [0.2, 0.25) is 0 Å². The Kier molecular flexibility index (Phi) is 5.67. The zero-order valence-corrected chi connectivity index (χ0v) is 11.8. The number of nitrogens with zero attached hydrogens (tertiary/aromatic N) is 1. The van der Waals surface area contributed by atoms with Crippen LogP contribution in [0.1, 0.15) is 43.8 Å². The summed E-state index contributed by atoms with van der Waals surface area (Å²) in [5.74, 6) is 0.811. The lowest BCUT2D eigenvalue weighted by atomic mass is 10.1. The molecule has 0 bridgehead atoms. The highest BCUT2D eigenvalue weighted by Crippen LogP contribution is 2.22. The summed E-state index contributed by atoms with van der Waals surface area (Å²) < 4.78 is 5.19. The lowest BCUT2D eigenvalue weighted by Gasteiger charge is -2.21. The summed E-state index contributed by atoms with van der Waals surface area (Å²) in [6.45, 7) is 3.36. The average molecular weight is 263 g/mol. The fraction of sp³-hybridized carbons (Fsp3) is 0.625. The van der Waals surface area contributed by atoms with Crippen LogP contribution in [0.3, 0.4) is 0 Å². The van der Waals surface area contributed by atoms with E-state index in [-0.39, 0.29) is 0 Å². The van der Waals surface area contributed by atoms with E-state index in [9.17, 15) is 5.11 Å². The molecule has 1 atom stereocenters. The summed E-state index contributed by atoms with van der Waals surface area (Å²) in [5, 5.41) is 10.3. The Labute approximate surface area is 116 Å². The smallest absolute Gasteiger partial charge is 0.119 e. The Bertz CT molecular complexity index is 373. The number of hydrogen-bond donors (Lipinski definition) is 1. The van der Waals surface area contributed by atoms with E-state index in [1.807, 2.05) is 24.3 Å². The monoisotopic (exact) mass is 263 g/mol. The van der Waals surface area contributed by atoms with Crippen molar-refractivity contribution in [2.75, 3.05) is 26.7 Å². The SMILES string of the molecule is COc1cccc(C(O)CCN2CCCCCC2)c1. The quantitative estimate of drug-likeness (QED) is 0.886. The molecule has 19 heavy (non-hydrogen) atoms. The minimum absolute atomic E-state index is 0.390. The first kappa shape index (κ1) is 14.4. The fourth-order valence-electron chi connectivity index (χ4n) is 2.68. The second kappa shape index (κ2) is 7.51. The molecule has 3 heteroatoms. The zero-order valence-electron chi connectivity index (χ0n) is 11.8. The van der Waals surface area contributed by atoms with Gasteiger partial charge >= 0.3 is 0 Å². The van der Waals surface area contributed by atoms with Gasteiger partial charge in [0.1, 0.15) is 5.75 Å². The van der Waals surface area contributed by atoms with Crippen LogP contribution in [-0.4, -0.2) is 36.8 Å². The third-order valence-corrected chi connectivity index (χ3v) is 3.90. The van der Waals surface area contributed by atoms with Crippen molar-refractivity contribution in [2.24, 2.45) is 0 Å². The van der Waals surface area contributed by atoms with E-state index in [1.165, 1.54) is 38.8 Å². The first-order chi connectivity index (χ1) is 9.29. The van der Waals surface area contributed by atoms with Crippen LogP contribution in [-0.2, 0) is 0 Å². The van der Waals surface area contributed by atoms with Crippen LogP contribution in [0.4, 0.5) is 0 Å². The van der Waals surface area contributed by atoms with Crippen molar-refractivity contribution in [1.82, 2.24) is 4.90 Å². The largest absolute Gasteiger partial charge is 0.497 e. The number of aliphatic hydroxyl groups is 1. The van der Waals surface area contributed by atoms with Gasteiger partial charge in [0.2, 0.25) is 0 Å². The van der Waals surface area contributed by atoms with Crippen LogP contribution in [0, 0.1) is 0 Å². The summed E-state index contributed by atoms with van der Waals surface area (Å²) >= 11 is 0. The predicted molar refractivity (Wildman–Crippen MR) is 77.5 cm³/mol. The second-order valence-corrected chi connectivity index (χ2v) is 5.34. The number of rotatable bonds is 5. The molecule has 3 nitrogen and oxygen atoms in total. The molecule has 2 rings (SSSR count). The van der Waals surface area contributed by atoms with Crippen molar-refractivity contribution in [1.29, 1.82) is 0 Å². The molecule has 1 unspecified atom stereocenters. The zero-order chi connectivity index (χ0) is 13.5. The molecule has 0 radical (unpaired) electrons. The summed E-state index contributed by atoms with van der Waals surface area (Å²) in [7, 11) is 1.66.